The minimum Gasteiger partial charge on any atom is -0.507 e. The summed E-state index contributed by atoms with van der Waals surface area (Å²) >= 11 is 1.37. The SMILES string of the molecule is CCOc1ccc(C(O)=C2C(=O)C(=O)N(c3nc4c(C)cc(C)cc4s3)C2c2ccc(C(C)(C)C)cc2)cc1. The van der Waals surface area contributed by atoms with Gasteiger partial charge in [0.05, 0.1) is 28.4 Å². The van der Waals surface area contributed by atoms with Crippen LogP contribution in [0.15, 0.2) is 66.2 Å². The molecule has 1 atom stereocenters. The molecule has 1 aliphatic heterocycles. The van der Waals surface area contributed by atoms with Gasteiger partial charge in [0.2, 0.25) is 0 Å². The van der Waals surface area contributed by atoms with Crippen LogP contribution in [-0.4, -0.2) is 28.4 Å². The first-order chi connectivity index (χ1) is 18.5. The zero-order valence-corrected chi connectivity index (χ0v) is 23.8. The lowest BCUT2D eigenvalue weighted by Crippen LogP contribution is -2.29. The average molecular weight is 541 g/mol. The van der Waals surface area contributed by atoms with Crippen LogP contribution in [0.25, 0.3) is 16.0 Å². The summed E-state index contributed by atoms with van der Waals surface area (Å²) in [5, 5.41) is 11.9. The van der Waals surface area contributed by atoms with Crippen LogP contribution >= 0.6 is 11.3 Å². The van der Waals surface area contributed by atoms with Gasteiger partial charge in [-0.05, 0) is 78.8 Å². The van der Waals surface area contributed by atoms with E-state index in [-0.39, 0.29) is 16.7 Å². The van der Waals surface area contributed by atoms with Gasteiger partial charge in [-0.25, -0.2) is 4.98 Å². The number of fused-ring (bicyclic) bond motifs is 1. The van der Waals surface area contributed by atoms with E-state index in [9.17, 15) is 14.7 Å². The van der Waals surface area contributed by atoms with Crippen LogP contribution in [0.1, 0.15) is 61.6 Å². The van der Waals surface area contributed by atoms with E-state index in [4.69, 9.17) is 9.72 Å². The molecule has 2 heterocycles. The van der Waals surface area contributed by atoms with Gasteiger partial charge < -0.3 is 9.84 Å². The summed E-state index contributed by atoms with van der Waals surface area (Å²) in [5.74, 6) is -1.01. The second kappa shape index (κ2) is 9.97. The highest BCUT2D eigenvalue weighted by Gasteiger charge is 2.48. The fourth-order valence-electron chi connectivity index (χ4n) is 5.00. The fourth-order valence-corrected chi connectivity index (χ4v) is 6.17. The van der Waals surface area contributed by atoms with Gasteiger partial charge in [0.15, 0.2) is 5.13 Å². The molecular formula is C32H32N2O4S. The highest BCUT2D eigenvalue weighted by Crippen LogP contribution is 2.45. The number of aliphatic hydroxyl groups is 1. The number of hydrogen-bond acceptors (Lipinski definition) is 6. The maximum absolute atomic E-state index is 13.6. The third kappa shape index (κ3) is 4.83. The van der Waals surface area contributed by atoms with Crippen molar-refractivity contribution in [2.45, 2.75) is 53.0 Å². The lowest BCUT2D eigenvalue weighted by Gasteiger charge is -2.24. The number of ketones is 1. The van der Waals surface area contributed by atoms with E-state index in [0.29, 0.717) is 23.1 Å². The summed E-state index contributed by atoms with van der Waals surface area (Å²) in [5.41, 5.74) is 5.17. The van der Waals surface area contributed by atoms with Crippen molar-refractivity contribution in [3.63, 3.8) is 0 Å². The standard InChI is InChI=1S/C32H32N2O4S/c1-7-38-23-14-10-21(11-15-23)28(35)25-27(20-8-12-22(13-9-20)32(4,5)6)34(30(37)29(25)36)31-33-26-19(3)16-18(2)17-24(26)39-31/h8-17,27,35H,7H2,1-6H3. The molecule has 7 heteroatoms. The number of aliphatic hydroxyl groups excluding tert-OH is 1. The Bertz CT molecular complexity index is 1610. The first kappa shape index (κ1) is 26.6. The number of rotatable bonds is 5. The van der Waals surface area contributed by atoms with Crippen molar-refractivity contribution in [2.24, 2.45) is 0 Å². The fraction of sp³-hybridized carbons (Fsp3) is 0.281. The zero-order chi connectivity index (χ0) is 28.1. The lowest BCUT2D eigenvalue weighted by molar-refractivity contribution is -0.132. The molecule has 1 aliphatic rings. The quantitative estimate of drug-likeness (QED) is 0.164. The van der Waals surface area contributed by atoms with Gasteiger partial charge in [-0.15, -0.1) is 0 Å². The Balaban J connectivity index is 1.70. The molecule has 4 aromatic rings. The number of ether oxygens (including phenoxy) is 1. The molecule has 1 amide bonds. The zero-order valence-electron chi connectivity index (χ0n) is 23.0. The van der Waals surface area contributed by atoms with Gasteiger partial charge in [-0.3, -0.25) is 14.5 Å². The molecule has 39 heavy (non-hydrogen) atoms. The molecule has 1 N–H and O–H groups in total. The van der Waals surface area contributed by atoms with Crippen LogP contribution in [-0.2, 0) is 15.0 Å². The second-order valence-electron chi connectivity index (χ2n) is 10.9. The van der Waals surface area contributed by atoms with Gasteiger partial charge >= 0.3 is 5.91 Å². The van der Waals surface area contributed by atoms with Crippen molar-refractivity contribution in [3.05, 3.63) is 94.1 Å². The summed E-state index contributed by atoms with van der Waals surface area (Å²) in [7, 11) is 0. The van der Waals surface area contributed by atoms with Gasteiger partial charge in [-0.1, -0.05) is 62.4 Å². The highest BCUT2D eigenvalue weighted by atomic mass is 32.1. The Kier molecular flexibility index (Phi) is 6.81. The summed E-state index contributed by atoms with van der Waals surface area (Å²) in [6.07, 6.45) is 0. The van der Waals surface area contributed by atoms with Gasteiger partial charge in [0.25, 0.3) is 5.78 Å². The first-order valence-corrected chi connectivity index (χ1v) is 13.8. The van der Waals surface area contributed by atoms with Crippen LogP contribution in [0.3, 0.4) is 0 Å². The van der Waals surface area contributed by atoms with E-state index >= 15 is 0 Å². The Labute approximate surface area is 232 Å². The number of thiazole rings is 1. The number of hydrogen-bond donors (Lipinski definition) is 1. The summed E-state index contributed by atoms with van der Waals surface area (Å²) in [6.45, 7) is 12.8. The molecule has 0 saturated carbocycles. The van der Waals surface area contributed by atoms with Crippen LogP contribution in [0.4, 0.5) is 5.13 Å². The van der Waals surface area contributed by atoms with Crippen LogP contribution in [0.2, 0.25) is 0 Å². The summed E-state index contributed by atoms with van der Waals surface area (Å²) in [6, 6.07) is 18.0. The molecule has 0 radical (unpaired) electrons. The number of carbonyl (C=O) groups excluding carboxylic acids is 2. The molecule has 6 nitrogen and oxygen atoms in total. The number of anilines is 1. The Hall–Kier alpha value is -3.97. The van der Waals surface area contributed by atoms with Gasteiger partial charge in [-0.2, -0.15) is 0 Å². The van der Waals surface area contributed by atoms with Crippen molar-refractivity contribution in [1.29, 1.82) is 0 Å². The molecule has 1 aromatic heterocycles. The number of aromatic nitrogens is 1. The number of nitrogens with zero attached hydrogens (tertiary/aromatic N) is 2. The smallest absolute Gasteiger partial charge is 0.301 e. The maximum atomic E-state index is 13.6. The average Bonchev–Trinajstić information content (AvgIpc) is 3.42. The third-order valence-corrected chi connectivity index (χ3v) is 8.00. The molecule has 1 saturated heterocycles. The van der Waals surface area contributed by atoms with E-state index in [1.165, 1.54) is 16.2 Å². The third-order valence-electron chi connectivity index (χ3n) is 7.00. The van der Waals surface area contributed by atoms with Gasteiger partial charge in [0.1, 0.15) is 11.5 Å². The number of Topliss-reactive ketones (excluding diaryl/α,β-unsaturated/α-hetero) is 1. The van der Waals surface area contributed by atoms with Crippen LogP contribution in [0, 0.1) is 13.8 Å². The predicted octanol–water partition coefficient (Wildman–Crippen LogP) is 7.24. The van der Waals surface area contributed by atoms with E-state index in [1.807, 2.05) is 51.1 Å². The van der Waals surface area contributed by atoms with Crippen LogP contribution < -0.4 is 9.64 Å². The van der Waals surface area contributed by atoms with E-state index in [1.54, 1.807) is 24.3 Å². The van der Waals surface area contributed by atoms with Crippen molar-refractivity contribution in [3.8, 4) is 5.75 Å². The molecule has 3 aromatic carbocycles. The van der Waals surface area contributed by atoms with Crippen molar-refractivity contribution < 1.29 is 19.4 Å². The minimum atomic E-state index is -0.826. The Morgan fingerprint density at radius 1 is 1.03 bits per heavy atom. The molecule has 0 aliphatic carbocycles. The predicted molar refractivity (Wildman–Crippen MR) is 157 cm³/mol. The molecule has 0 bridgehead atoms. The topological polar surface area (TPSA) is 79.7 Å². The normalized spacial score (nSPS) is 17.3. The highest BCUT2D eigenvalue weighted by molar-refractivity contribution is 7.22. The lowest BCUT2D eigenvalue weighted by atomic mass is 9.85. The largest absolute Gasteiger partial charge is 0.507 e. The summed E-state index contributed by atoms with van der Waals surface area (Å²) < 4.78 is 6.46. The maximum Gasteiger partial charge on any atom is 0.301 e. The Morgan fingerprint density at radius 3 is 2.31 bits per heavy atom. The van der Waals surface area contributed by atoms with Crippen molar-refractivity contribution >= 4 is 44.1 Å². The second-order valence-corrected chi connectivity index (χ2v) is 11.9. The number of carbonyl (C=O) groups is 2. The monoisotopic (exact) mass is 540 g/mol. The van der Waals surface area contributed by atoms with Gasteiger partial charge in [0, 0.05) is 5.56 Å². The van der Waals surface area contributed by atoms with Crippen molar-refractivity contribution in [2.75, 3.05) is 11.5 Å². The minimum absolute atomic E-state index is 0.0415. The first-order valence-electron chi connectivity index (χ1n) is 13.0. The van der Waals surface area contributed by atoms with E-state index in [2.05, 4.69) is 26.8 Å². The van der Waals surface area contributed by atoms with E-state index < -0.39 is 17.7 Å². The molecular weight excluding hydrogens is 508 g/mol. The Morgan fingerprint density at radius 2 is 1.69 bits per heavy atom. The number of aryl methyl sites for hydroxylation is 2. The van der Waals surface area contributed by atoms with Crippen LogP contribution in [0.5, 0.6) is 5.75 Å². The summed E-state index contributed by atoms with van der Waals surface area (Å²) in [4.78, 5) is 33.4. The molecule has 5 rings (SSSR count). The molecule has 1 unspecified atom stereocenters. The molecule has 200 valence electrons. The number of benzene rings is 3. The van der Waals surface area contributed by atoms with Crippen molar-refractivity contribution in [1.82, 2.24) is 4.98 Å². The number of amides is 1. The molecule has 1 fully saturated rings. The molecule has 0 spiro atoms. The van der Waals surface area contributed by atoms with E-state index in [0.717, 1.165) is 32.5 Å².